The molecule has 4 rings (SSSR count). The van der Waals surface area contributed by atoms with E-state index in [4.69, 9.17) is 4.74 Å². The highest BCUT2D eigenvalue weighted by Crippen LogP contribution is 2.40. The van der Waals surface area contributed by atoms with Crippen molar-refractivity contribution in [3.05, 3.63) is 52.9 Å². The Morgan fingerprint density at radius 1 is 0.968 bits per heavy atom. The van der Waals surface area contributed by atoms with Crippen molar-refractivity contribution in [1.29, 1.82) is 0 Å². The number of likely N-dealkylation sites (tertiary alicyclic amines) is 1. The van der Waals surface area contributed by atoms with Crippen LogP contribution in [0.15, 0.2) is 42.5 Å². The van der Waals surface area contributed by atoms with Crippen LogP contribution in [0.5, 0.6) is 5.75 Å². The molecular formula is C25H28F3NOS. The van der Waals surface area contributed by atoms with E-state index < -0.39 is 11.7 Å². The second-order valence-electron chi connectivity index (χ2n) is 8.22. The van der Waals surface area contributed by atoms with Gasteiger partial charge in [-0.1, -0.05) is 18.6 Å². The van der Waals surface area contributed by atoms with Gasteiger partial charge in [0.1, 0.15) is 5.75 Å². The summed E-state index contributed by atoms with van der Waals surface area (Å²) in [4.78, 5) is 3.64. The monoisotopic (exact) mass is 447 g/mol. The van der Waals surface area contributed by atoms with E-state index in [1.165, 1.54) is 32.4 Å². The molecule has 166 valence electrons. The first-order valence-electron chi connectivity index (χ1n) is 11.0. The Hall–Kier alpha value is -2.05. The zero-order chi connectivity index (χ0) is 21.8. The molecule has 0 N–H and O–H groups in total. The molecule has 0 atom stereocenters. The molecule has 0 amide bonds. The molecule has 0 radical (unpaired) electrons. The zero-order valence-corrected chi connectivity index (χ0v) is 18.6. The molecule has 2 nitrogen and oxygen atoms in total. The fourth-order valence-corrected chi connectivity index (χ4v) is 5.40. The molecule has 2 aromatic carbocycles. The highest BCUT2D eigenvalue weighted by molar-refractivity contribution is 7.19. The van der Waals surface area contributed by atoms with Crippen LogP contribution in [0.2, 0.25) is 0 Å². The summed E-state index contributed by atoms with van der Waals surface area (Å²) >= 11 is 1.65. The second-order valence-corrected chi connectivity index (χ2v) is 9.48. The quantitative estimate of drug-likeness (QED) is 0.347. The topological polar surface area (TPSA) is 12.5 Å². The molecule has 1 aliphatic rings. The second kappa shape index (κ2) is 9.61. The number of hydrogen-bond acceptors (Lipinski definition) is 3. The summed E-state index contributed by atoms with van der Waals surface area (Å²) in [5.74, 6) is 0.852. The molecule has 31 heavy (non-hydrogen) atoms. The van der Waals surface area contributed by atoms with Gasteiger partial charge in [-0.3, -0.25) is 0 Å². The fraction of sp³-hybridized carbons (Fsp3) is 0.440. The van der Waals surface area contributed by atoms with Crippen molar-refractivity contribution in [2.24, 2.45) is 0 Å². The molecule has 2 heterocycles. The molecule has 1 saturated heterocycles. The van der Waals surface area contributed by atoms with E-state index in [1.807, 2.05) is 25.1 Å². The van der Waals surface area contributed by atoms with E-state index in [9.17, 15) is 13.2 Å². The number of rotatable bonds is 7. The van der Waals surface area contributed by atoms with Crippen LogP contribution in [-0.4, -0.2) is 31.1 Å². The third-order valence-electron chi connectivity index (χ3n) is 5.92. The maximum absolute atomic E-state index is 12.9. The van der Waals surface area contributed by atoms with Crippen molar-refractivity contribution in [3.63, 3.8) is 0 Å². The molecule has 0 bridgehead atoms. The summed E-state index contributed by atoms with van der Waals surface area (Å²) in [6.45, 7) is 6.34. The fourth-order valence-electron chi connectivity index (χ4n) is 4.28. The number of fused-ring (bicyclic) bond motifs is 1. The Morgan fingerprint density at radius 2 is 1.71 bits per heavy atom. The van der Waals surface area contributed by atoms with E-state index in [1.54, 1.807) is 23.5 Å². The normalized spacial score (nSPS) is 15.5. The number of hydrogen-bond donors (Lipinski definition) is 0. The third kappa shape index (κ3) is 5.42. The van der Waals surface area contributed by atoms with E-state index >= 15 is 0 Å². The number of nitrogens with zero attached hydrogens (tertiary/aromatic N) is 1. The number of benzene rings is 2. The van der Waals surface area contributed by atoms with Crippen molar-refractivity contribution in [1.82, 2.24) is 4.90 Å². The molecule has 1 aliphatic heterocycles. The largest absolute Gasteiger partial charge is 0.494 e. The number of thiophene rings is 1. The molecule has 0 saturated carbocycles. The minimum atomic E-state index is -4.32. The first-order valence-corrected chi connectivity index (χ1v) is 11.8. The molecule has 6 heteroatoms. The van der Waals surface area contributed by atoms with Gasteiger partial charge in [-0.15, -0.1) is 11.3 Å². The molecule has 0 spiro atoms. The Morgan fingerprint density at radius 3 is 2.42 bits per heavy atom. The van der Waals surface area contributed by atoms with Crippen LogP contribution in [0.4, 0.5) is 13.2 Å². The summed E-state index contributed by atoms with van der Waals surface area (Å²) in [5.41, 5.74) is 1.19. The van der Waals surface area contributed by atoms with Crippen LogP contribution in [0, 0.1) is 6.92 Å². The van der Waals surface area contributed by atoms with Crippen LogP contribution in [0.25, 0.3) is 21.2 Å². The average Bonchev–Trinajstić information content (AvgIpc) is 3.08. The van der Waals surface area contributed by atoms with Gasteiger partial charge in [-0.05, 0) is 88.1 Å². The Labute approximate surface area is 185 Å². The molecule has 1 aromatic heterocycles. The SMILES string of the molecule is Cc1sc2cc(OCCCCN3CCCCC3)ccc2c1-c1ccc(C(F)(F)F)cc1. The van der Waals surface area contributed by atoms with Crippen molar-refractivity contribution in [3.8, 4) is 16.9 Å². The Bertz CT molecular complexity index is 1000. The minimum absolute atomic E-state index is 0.621. The van der Waals surface area contributed by atoms with Crippen molar-refractivity contribution in [2.45, 2.75) is 45.2 Å². The lowest BCUT2D eigenvalue weighted by molar-refractivity contribution is -0.137. The van der Waals surface area contributed by atoms with Crippen LogP contribution in [0.3, 0.4) is 0 Å². The summed E-state index contributed by atoms with van der Waals surface area (Å²) in [6.07, 6.45) is 1.89. The van der Waals surface area contributed by atoms with Crippen molar-refractivity contribution in [2.75, 3.05) is 26.2 Å². The van der Waals surface area contributed by atoms with E-state index in [-0.39, 0.29) is 0 Å². The maximum Gasteiger partial charge on any atom is 0.416 e. The van der Waals surface area contributed by atoms with Crippen LogP contribution < -0.4 is 4.74 Å². The van der Waals surface area contributed by atoms with E-state index in [2.05, 4.69) is 4.90 Å². The first kappa shape index (κ1) is 22.2. The molecular weight excluding hydrogens is 419 g/mol. The van der Waals surface area contributed by atoms with Gasteiger partial charge in [0.2, 0.25) is 0 Å². The number of unbranched alkanes of at least 4 members (excludes halogenated alkanes) is 1. The molecule has 0 unspecified atom stereocenters. The number of piperidine rings is 1. The lowest BCUT2D eigenvalue weighted by atomic mass is 10.0. The summed E-state index contributed by atoms with van der Waals surface area (Å²) < 4.78 is 45.7. The van der Waals surface area contributed by atoms with Gasteiger partial charge in [0.25, 0.3) is 0 Å². The highest BCUT2D eigenvalue weighted by Gasteiger charge is 2.30. The first-order chi connectivity index (χ1) is 14.9. The van der Waals surface area contributed by atoms with Gasteiger partial charge in [0.15, 0.2) is 0 Å². The van der Waals surface area contributed by atoms with Crippen LogP contribution in [0.1, 0.15) is 42.5 Å². The standard InChI is InChI=1S/C25H28F3NOS/c1-18-24(19-7-9-20(10-8-19)25(26,27)28)22-12-11-21(17-23(22)31-18)30-16-6-5-15-29-13-3-2-4-14-29/h7-12,17H,2-6,13-16H2,1H3. The number of ether oxygens (including phenoxy) is 1. The number of alkyl halides is 3. The lowest BCUT2D eigenvalue weighted by Crippen LogP contribution is -2.30. The van der Waals surface area contributed by atoms with Gasteiger partial charge in [-0.25, -0.2) is 0 Å². The van der Waals surface area contributed by atoms with Gasteiger partial charge >= 0.3 is 6.18 Å². The van der Waals surface area contributed by atoms with E-state index in [0.717, 1.165) is 63.4 Å². The Kier molecular flexibility index (Phi) is 6.87. The van der Waals surface area contributed by atoms with Gasteiger partial charge in [0.05, 0.1) is 12.2 Å². The van der Waals surface area contributed by atoms with Crippen molar-refractivity contribution < 1.29 is 17.9 Å². The third-order valence-corrected chi connectivity index (χ3v) is 6.99. The highest BCUT2D eigenvalue weighted by atomic mass is 32.1. The Balaban J connectivity index is 1.39. The summed E-state index contributed by atoms with van der Waals surface area (Å²) in [7, 11) is 0. The van der Waals surface area contributed by atoms with E-state index in [0.29, 0.717) is 6.61 Å². The number of halogens is 3. The summed E-state index contributed by atoms with van der Waals surface area (Å²) in [6, 6.07) is 11.5. The lowest BCUT2D eigenvalue weighted by Gasteiger charge is -2.26. The van der Waals surface area contributed by atoms with Crippen LogP contribution in [-0.2, 0) is 6.18 Å². The maximum atomic E-state index is 12.9. The summed E-state index contributed by atoms with van der Waals surface area (Å²) in [5, 5.41) is 1.06. The van der Waals surface area contributed by atoms with Gasteiger partial charge in [0, 0.05) is 20.5 Å². The molecule has 0 aliphatic carbocycles. The smallest absolute Gasteiger partial charge is 0.416 e. The minimum Gasteiger partial charge on any atom is -0.494 e. The molecule has 3 aromatic rings. The van der Waals surface area contributed by atoms with Crippen molar-refractivity contribution >= 4 is 21.4 Å². The predicted octanol–water partition coefficient (Wildman–Crippen LogP) is 7.54. The van der Waals surface area contributed by atoms with Gasteiger partial charge in [-0.2, -0.15) is 13.2 Å². The van der Waals surface area contributed by atoms with Crippen LogP contribution >= 0.6 is 11.3 Å². The van der Waals surface area contributed by atoms with Gasteiger partial charge < -0.3 is 9.64 Å². The predicted molar refractivity (Wildman–Crippen MR) is 122 cm³/mol. The average molecular weight is 448 g/mol. The zero-order valence-electron chi connectivity index (χ0n) is 17.8. The number of aryl methyl sites for hydroxylation is 1. The molecule has 1 fully saturated rings.